The van der Waals surface area contributed by atoms with Crippen molar-refractivity contribution in [2.24, 2.45) is 5.73 Å². The van der Waals surface area contributed by atoms with E-state index < -0.39 is 0 Å². The summed E-state index contributed by atoms with van der Waals surface area (Å²) in [6, 6.07) is 4.10. The topological polar surface area (TPSA) is 38.9 Å². The molecule has 0 radical (unpaired) electrons. The summed E-state index contributed by atoms with van der Waals surface area (Å²) < 4.78 is 0. The van der Waals surface area contributed by atoms with Crippen LogP contribution in [0.3, 0.4) is 0 Å². The van der Waals surface area contributed by atoms with Crippen LogP contribution in [0.25, 0.3) is 0 Å². The minimum absolute atomic E-state index is 0.108. The zero-order valence-electron chi connectivity index (χ0n) is 7.75. The molecule has 66 valence electrons. The Hall–Kier alpha value is -0.890. The molecule has 0 aliphatic rings. The molecular weight excluding hydrogens is 148 g/mol. The van der Waals surface area contributed by atoms with E-state index in [1.165, 1.54) is 5.56 Å². The van der Waals surface area contributed by atoms with Crippen LogP contribution in [-0.2, 0) is 0 Å². The highest BCUT2D eigenvalue weighted by Crippen LogP contribution is 2.16. The molecule has 0 amide bonds. The molecule has 0 aliphatic carbocycles. The fraction of sp³-hybridized carbons (Fsp3) is 0.500. The SMILES string of the molecule is CCC[C@H](N)c1ncccc1C. The van der Waals surface area contributed by atoms with Crippen molar-refractivity contribution in [2.75, 3.05) is 0 Å². The predicted octanol–water partition coefficient (Wildman–Crippen LogP) is 2.19. The second kappa shape index (κ2) is 4.21. The Morgan fingerprint density at radius 1 is 1.58 bits per heavy atom. The third-order valence-electron chi connectivity index (χ3n) is 2.00. The lowest BCUT2D eigenvalue weighted by Gasteiger charge is -2.11. The lowest BCUT2D eigenvalue weighted by Crippen LogP contribution is -2.12. The molecule has 1 rings (SSSR count). The van der Waals surface area contributed by atoms with Gasteiger partial charge < -0.3 is 5.73 Å². The number of rotatable bonds is 3. The number of aryl methyl sites for hydroxylation is 1. The van der Waals surface area contributed by atoms with E-state index in [2.05, 4.69) is 24.9 Å². The molecule has 0 bridgehead atoms. The highest BCUT2D eigenvalue weighted by Gasteiger charge is 2.07. The van der Waals surface area contributed by atoms with Gasteiger partial charge in [0.25, 0.3) is 0 Å². The summed E-state index contributed by atoms with van der Waals surface area (Å²) in [5, 5.41) is 0. The third kappa shape index (κ3) is 2.05. The molecule has 1 aromatic heterocycles. The Morgan fingerprint density at radius 3 is 2.92 bits per heavy atom. The van der Waals surface area contributed by atoms with E-state index in [9.17, 15) is 0 Å². The lowest BCUT2D eigenvalue weighted by atomic mass is 10.1. The first-order valence-electron chi connectivity index (χ1n) is 4.42. The fourth-order valence-electron chi connectivity index (χ4n) is 1.33. The number of nitrogens with two attached hydrogens (primary N) is 1. The van der Waals surface area contributed by atoms with Gasteiger partial charge in [-0.1, -0.05) is 19.4 Å². The molecule has 0 saturated carbocycles. The van der Waals surface area contributed by atoms with Crippen molar-refractivity contribution in [3.05, 3.63) is 29.6 Å². The maximum absolute atomic E-state index is 5.94. The summed E-state index contributed by atoms with van der Waals surface area (Å²) in [6.07, 6.45) is 3.92. The Bertz CT molecular complexity index is 245. The van der Waals surface area contributed by atoms with Crippen LogP contribution in [0, 0.1) is 6.92 Å². The maximum atomic E-state index is 5.94. The van der Waals surface area contributed by atoms with E-state index in [1.807, 2.05) is 6.07 Å². The van der Waals surface area contributed by atoms with Crippen LogP contribution in [0.15, 0.2) is 18.3 Å². The van der Waals surface area contributed by atoms with Crippen LogP contribution in [0.4, 0.5) is 0 Å². The first kappa shape index (κ1) is 9.20. The highest BCUT2D eigenvalue weighted by molar-refractivity contribution is 5.20. The van der Waals surface area contributed by atoms with Gasteiger partial charge in [-0.25, -0.2) is 0 Å². The lowest BCUT2D eigenvalue weighted by molar-refractivity contribution is 0.618. The largest absolute Gasteiger partial charge is 0.323 e. The summed E-state index contributed by atoms with van der Waals surface area (Å²) in [5.74, 6) is 0. The summed E-state index contributed by atoms with van der Waals surface area (Å²) in [7, 11) is 0. The van der Waals surface area contributed by atoms with Crippen molar-refractivity contribution >= 4 is 0 Å². The molecule has 0 aliphatic heterocycles. The van der Waals surface area contributed by atoms with Gasteiger partial charge in [-0.05, 0) is 25.0 Å². The summed E-state index contributed by atoms with van der Waals surface area (Å²) in [5.41, 5.74) is 8.18. The number of nitrogens with zero attached hydrogens (tertiary/aromatic N) is 1. The van der Waals surface area contributed by atoms with Gasteiger partial charge in [-0.3, -0.25) is 4.98 Å². The van der Waals surface area contributed by atoms with Crippen molar-refractivity contribution in [3.63, 3.8) is 0 Å². The smallest absolute Gasteiger partial charge is 0.0600 e. The van der Waals surface area contributed by atoms with E-state index in [4.69, 9.17) is 5.73 Å². The Morgan fingerprint density at radius 2 is 2.33 bits per heavy atom. The van der Waals surface area contributed by atoms with Crippen molar-refractivity contribution < 1.29 is 0 Å². The molecule has 0 saturated heterocycles. The monoisotopic (exact) mass is 164 g/mol. The molecule has 1 heterocycles. The molecular formula is C10H16N2. The Balaban J connectivity index is 2.79. The number of aromatic nitrogens is 1. The van der Waals surface area contributed by atoms with Crippen LogP contribution in [0.2, 0.25) is 0 Å². The highest BCUT2D eigenvalue weighted by atomic mass is 14.8. The minimum atomic E-state index is 0.108. The summed E-state index contributed by atoms with van der Waals surface area (Å²) >= 11 is 0. The maximum Gasteiger partial charge on any atom is 0.0600 e. The van der Waals surface area contributed by atoms with Crippen molar-refractivity contribution in [2.45, 2.75) is 32.7 Å². The molecule has 2 N–H and O–H groups in total. The first-order chi connectivity index (χ1) is 5.75. The number of hydrogen-bond acceptors (Lipinski definition) is 2. The van der Waals surface area contributed by atoms with Gasteiger partial charge in [-0.2, -0.15) is 0 Å². The molecule has 0 fully saturated rings. The van der Waals surface area contributed by atoms with Gasteiger partial charge in [0.1, 0.15) is 0 Å². The normalized spacial score (nSPS) is 12.9. The molecule has 2 heteroatoms. The molecule has 0 aromatic carbocycles. The second-order valence-corrected chi connectivity index (χ2v) is 3.10. The quantitative estimate of drug-likeness (QED) is 0.743. The van der Waals surface area contributed by atoms with Gasteiger partial charge in [0.15, 0.2) is 0 Å². The zero-order chi connectivity index (χ0) is 8.97. The minimum Gasteiger partial charge on any atom is -0.323 e. The molecule has 1 atom stereocenters. The van der Waals surface area contributed by atoms with Gasteiger partial charge in [-0.15, -0.1) is 0 Å². The van der Waals surface area contributed by atoms with E-state index >= 15 is 0 Å². The Labute approximate surface area is 73.8 Å². The molecule has 2 nitrogen and oxygen atoms in total. The van der Waals surface area contributed by atoms with Crippen molar-refractivity contribution in [1.82, 2.24) is 4.98 Å². The molecule has 12 heavy (non-hydrogen) atoms. The molecule has 1 aromatic rings. The Kier molecular flexibility index (Phi) is 3.23. The summed E-state index contributed by atoms with van der Waals surface area (Å²) in [6.45, 7) is 4.19. The van der Waals surface area contributed by atoms with E-state index in [0.717, 1.165) is 18.5 Å². The van der Waals surface area contributed by atoms with Gasteiger partial charge in [0.05, 0.1) is 5.69 Å². The summed E-state index contributed by atoms with van der Waals surface area (Å²) in [4.78, 5) is 4.27. The zero-order valence-corrected chi connectivity index (χ0v) is 7.75. The van der Waals surface area contributed by atoms with Crippen molar-refractivity contribution in [1.29, 1.82) is 0 Å². The molecule has 0 unspecified atom stereocenters. The van der Waals surface area contributed by atoms with Crippen LogP contribution >= 0.6 is 0 Å². The number of hydrogen-bond donors (Lipinski definition) is 1. The average molecular weight is 164 g/mol. The van der Waals surface area contributed by atoms with E-state index in [1.54, 1.807) is 6.20 Å². The second-order valence-electron chi connectivity index (χ2n) is 3.10. The van der Waals surface area contributed by atoms with Gasteiger partial charge >= 0.3 is 0 Å². The van der Waals surface area contributed by atoms with Crippen LogP contribution in [0.1, 0.15) is 37.1 Å². The van der Waals surface area contributed by atoms with Gasteiger partial charge in [0, 0.05) is 12.2 Å². The average Bonchev–Trinajstić information content (AvgIpc) is 2.05. The molecule has 0 spiro atoms. The first-order valence-corrected chi connectivity index (χ1v) is 4.42. The number of pyridine rings is 1. The fourth-order valence-corrected chi connectivity index (χ4v) is 1.33. The standard InChI is InChI=1S/C10H16N2/c1-3-5-9(11)10-8(2)6-4-7-12-10/h4,6-7,9H,3,5,11H2,1-2H3/t9-/m0/s1. The van der Waals surface area contributed by atoms with Gasteiger partial charge in [0.2, 0.25) is 0 Å². The van der Waals surface area contributed by atoms with Crippen LogP contribution < -0.4 is 5.73 Å². The van der Waals surface area contributed by atoms with Crippen LogP contribution in [-0.4, -0.2) is 4.98 Å². The van der Waals surface area contributed by atoms with E-state index in [0.29, 0.717) is 0 Å². The predicted molar refractivity (Wildman–Crippen MR) is 50.8 cm³/mol. The van der Waals surface area contributed by atoms with E-state index in [-0.39, 0.29) is 6.04 Å². The third-order valence-corrected chi connectivity index (χ3v) is 2.00. The van der Waals surface area contributed by atoms with Crippen molar-refractivity contribution in [3.8, 4) is 0 Å². The van der Waals surface area contributed by atoms with Crippen LogP contribution in [0.5, 0.6) is 0 Å².